The normalized spacial score (nSPS) is 13.0. The lowest BCUT2D eigenvalue weighted by atomic mass is 9.88. The van der Waals surface area contributed by atoms with E-state index in [1.807, 2.05) is 38.7 Å². The van der Waals surface area contributed by atoms with Crippen molar-refractivity contribution < 1.29 is 5.21 Å². The predicted octanol–water partition coefficient (Wildman–Crippen LogP) is 0.981. The van der Waals surface area contributed by atoms with Crippen molar-refractivity contribution in [2.24, 2.45) is 23.4 Å². The van der Waals surface area contributed by atoms with E-state index in [0.29, 0.717) is 0 Å². The van der Waals surface area contributed by atoms with E-state index in [1.54, 1.807) is 0 Å². The number of hydrogen-bond donors (Lipinski definition) is 3. The molecule has 0 fully saturated rings. The van der Waals surface area contributed by atoms with Crippen LogP contribution >= 0.6 is 0 Å². The van der Waals surface area contributed by atoms with Crippen LogP contribution in [-0.2, 0) is 13.6 Å². The molecule has 0 saturated carbocycles. The first-order valence-corrected chi connectivity index (χ1v) is 6.04. The molecule has 1 aromatic rings. The van der Waals surface area contributed by atoms with Crippen molar-refractivity contribution in [2.75, 3.05) is 6.54 Å². The fourth-order valence-electron chi connectivity index (χ4n) is 1.71. The molecule has 6 nitrogen and oxygen atoms in total. The molecule has 0 aliphatic carbocycles. The van der Waals surface area contributed by atoms with Crippen LogP contribution in [0, 0.1) is 12.3 Å². The Kier molecular flexibility index (Phi) is 4.72. The number of nitrogens with one attached hydrogen (secondary N) is 1. The van der Waals surface area contributed by atoms with Crippen LogP contribution in [0.3, 0.4) is 0 Å². The van der Waals surface area contributed by atoms with Gasteiger partial charge < -0.3 is 16.3 Å². The maximum atomic E-state index is 8.68. The van der Waals surface area contributed by atoms with Crippen molar-refractivity contribution in [3.63, 3.8) is 0 Å². The minimum atomic E-state index is -0.300. The van der Waals surface area contributed by atoms with Crippen molar-refractivity contribution in [2.45, 2.75) is 33.7 Å². The fraction of sp³-hybridized carbons (Fsp3) is 0.667. The van der Waals surface area contributed by atoms with Crippen LogP contribution in [0.5, 0.6) is 0 Å². The van der Waals surface area contributed by atoms with Gasteiger partial charge in [0.15, 0.2) is 0 Å². The molecule has 18 heavy (non-hydrogen) atoms. The predicted molar refractivity (Wildman–Crippen MR) is 71.5 cm³/mol. The van der Waals surface area contributed by atoms with Crippen LogP contribution < -0.4 is 11.1 Å². The third-order valence-corrected chi connectivity index (χ3v) is 3.16. The maximum absolute atomic E-state index is 8.68. The Morgan fingerprint density at radius 3 is 2.78 bits per heavy atom. The molecule has 6 heteroatoms. The van der Waals surface area contributed by atoms with E-state index in [0.717, 1.165) is 25.2 Å². The largest absolute Gasteiger partial charge is 0.409 e. The molecule has 0 spiro atoms. The molecule has 0 saturated heterocycles. The zero-order chi connectivity index (χ0) is 13.8. The number of oxime groups is 1. The van der Waals surface area contributed by atoms with Crippen molar-refractivity contribution in [1.29, 1.82) is 0 Å². The van der Waals surface area contributed by atoms with Gasteiger partial charge in [-0.2, -0.15) is 5.10 Å². The molecule has 0 unspecified atom stereocenters. The quantitative estimate of drug-likeness (QED) is 0.232. The van der Waals surface area contributed by atoms with E-state index in [9.17, 15) is 0 Å². The van der Waals surface area contributed by atoms with E-state index < -0.39 is 0 Å². The van der Waals surface area contributed by atoms with E-state index in [2.05, 4.69) is 15.6 Å². The first-order chi connectivity index (χ1) is 8.36. The van der Waals surface area contributed by atoms with Crippen molar-refractivity contribution >= 4 is 5.84 Å². The Balaban J connectivity index is 2.37. The van der Waals surface area contributed by atoms with Gasteiger partial charge in [0.1, 0.15) is 5.84 Å². The fourth-order valence-corrected chi connectivity index (χ4v) is 1.71. The molecule has 4 N–H and O–H groups in total. The highest BCUT2D eigenvalue weighted by molar-refractivity contribution is 5.85. The molecule has 1 heterocycles. The zero-order valence-corrected chi connectivity index (χ0v) is 11.6. The number of nitrogens with zero attached hydrogens (tertiary/aromatic N) is 3. The van der Waals surface area contributed by atoms with Gasteiger partial charge in [-0.15, -0.1) is 0 Å². The van der Waals surface area contributed by atoms with Gasteiger partial charge in [-0.3, -0.25) is 4.68 Å². The van der Waals surface area contributed by atoms with Crippen molar-refractivity contribution in [3.05, 3.63) is 17.5 Å². The summed E-state index contributed by atoms with van der Waals surface area (Å²) in [6, 6.07) is 0. The number of rotatable bonds is 6. The third-order valence-electron chi connectivity index (χ3n) is 3.16. The van der Waals surface area contributed by atoms with Crippen LogP contribution in [0.1, 0.15) is 31.5 Å². The summed E-state index contributed by atoms with van der Waals surface area (Å²) in [5, 5.41) is 19.4. The highest BCUT2D eigenvalue weighted by Gasteiger charge is 2.22. The van der Waals surface area contributed by atoms with E-state index in [4.69, 9.17) is 10.9 Å². The number of aryl methyl sites for hydroxylation is 2. The summed E-state index contributed by atoms with van der Waals surface area (Å²) in [4.78, 5) is 0. The Hall–Kier alpha value is -1.56. The summed E-state index contributed by atoms with van der Waals surface area (Å²) >= 11 is 0. The number of hydrogen-bond acceptors (Lipinski definition) is 4. The molecule has 1 rings (SSSR count). The molecule has 0 aromatic carbocycles. The number of nitrogens with two attached hydrogens (primary N) is 1. The third kappa shape index (κ3) is 3.73. The molecule has 102 valence electrons. The highest BCUT2D eigenvalue weighted by Crippen LogP contribution is 2.19. The molecule has 0 radical (unpaired) electrons. The van der Waals surface area contributed by atoms with Gasteiger partial charge in [0.2, 0.25) is 0 Å². The second kappa shape index (κ2) is 5.86. The molecule has 0 atom stereocenters. The van der Waals surface area contributed by atoms with Gasteiger partial charge in [-0.1, -0.05) is 19.0 Å². The van der Waals surface area contributed by atoms with Gasteiger partial charge in [0.05, 0.1) is 5.69 Å². The van der Waals surface area contributed by atoms with Crippen LogP contribution in [0.2, 0.25) is 0 Å². The van der Waals surface area contributed by atoms with Crippen LogP contribution in [0.25, 0.3) is 0 Å². The van der Waals surface area contributed by atoms with Gasteiger partial charge in [-0.05, 0) is 19.9 Å². The van der Waals surface area contributed by atoms with Crippen molar-refractivity contribution in [3.8, 4) is 0 Å². The topological polar surface area (TPSA) is 88.5 Å². The zero-order valence-electron chi connectivity index (χ0n) is 11.6. The summed E-state index contributed by atoms with van der Waals surface area (Å²) in [5.74, 6) is 0.266. The molecule has 0 aliphatic heterocycles. The van der Waals surface area contributed by atoms with Gasteiger partial charge in [0.25, 0.3) is 0 Å². The molecule has 0 bridgehead atoms. The van der Waals surface area contributed by atoms with Crippen LogP contribution in [0.15, 0.2) is 11.4 Å². The molecular weight excluding hydrogens is 230 g/mol. The molecule has 1 aromatic heterocycles. The molecule has 0 amide bonds. The van der Waals surface area contributed by atoms with E-state index in [-0.39, 0.29) is 11.3 Å². The Labute approximate surface area is 108 Å². The smallest absolute Gasteiger partial charge is 0.144 e. The average molecular weight is 253 g/mol. The van der Waals surface area contributed by atoms with Gasteiger partial charge in [0, 0.05) is 30.8 Å². The minimum absolute atomic E-state index is 0.266. The van der Waals surface area contributed by atoms with E-state index in [1.165, 1.54) is 5.56 Å². The highest BCUT2D eigenvalue weighted by atomic mass is 16.4. The second-order valence-electron chi connectivity index (χ2n) is 5.21. The molecular formula is C12H23N5O. The summed E-state index contributed by atoms with van der Waals surface area (Å²) in [7, 11) is 1.91. The Morgan fingerprint density at radius 1 is 1.61 bits per heavy atom. The first-order valence-electron chi connectivity index (χ1n) is 6.04. The summed E-state index contributed by atoms with van der Waals surface area (Å²) in [5.41, 5.74) is 7.57. The first kappa shape index (κ1) is 14.5. The lowest BCUT2D eigenvalue weighted by Crippen LogP contribution is -2.34. The number of amidine groups is 1. The maximum Gasteiger partial charge on any atom is 0.144 e. The SMILES string of the molecule is Cc1nn(C)cc1CNCCC(C)(C)/C(N)=N/O. The lowest BCUT2D eigenvalue weighted by Gasteiger charge is -2.22. The molecule has 0 aliphatic rings. The van der Waals surface area contributed by atoms with Gasteiger partial charge >= 0.3 is 0 Å². The van der Waals surface area contributed by atoms with Crippen LogP contribution in [0.4, 0.5) is 0 Å². The standard InChI is InChI=1S/C12H23N5O/c1-9-10(8-17(4)15-9)7-14-6-5-12(2,3)11(13)16-18/h8,14,18H,5-7H2,1-4H3,(H2,13,16). The summed E-state index contributed by atoms with van der Waals surface area (Å²) in [6.07, 6.45) is 2.82. The Morgan fingerprint density at radius 2 is 2.28 bits per heavy atom. The van der Waals surface area contributed by atoms with Crippen LogP contribution in [-0.4, -0.2) is 27.4 Å². The minimum Gasteiger partial charge on any atom is -0.409 e. The average Bonchev–Trinajstić information content (AvgIpc) is 2.62. The number of aromatic nitrogens is 2. The van der Waals surface area contributed by atoms with Crippen molar-refractivity contribution in [1.82, 2.24) is 15.1 Å². The Bertz CT molecular complexity index is 422. The lowest BCUT2D eigenvalue weighted by molar-refractivity contribution is 0.305. The summed E-state index contributed by atoms with van der Waals surface area (Å²) in [6.45, 7) is 7.50. The van der Waals surface area contributed by atoms with Gasteiger partial charge in [-0.25, -0.2) is 0 Å². The monoisotopic (exact) mass is 253 g/mol. The second-order valence-corrected chi connectivity index (χ2v) is 5.21. The van der Waals surface area contributed by atoms with E-state index >= 15 is 0 Å². The summed E-state index contributed by atoms with van der Waals surface area (Å²) < 4.78 is 1.81.